The Morgan fingerprint density at radius 2 is 1.64 bits per heavy atom. The standard InChI is InChI=1S/C32H47N5O8/c1-20(2)16-25(28(40)35-24(13-12-21(3)38)17-23-14-15-33-27(23)39)36-29(41)26(18-34-30(42)45-32(4,5)6)37-31(43)44-19-22-10-8-7-9-11-22/h7-13,20,23-26H,14-19H2,1-6H3,(H,33,39)(H,34,42)(H,35,40)(H,36,41)(H,37,43)/b13-12+/t23-,24-,25-,26-/m0/s1. The largest absolute Gasteiger partial charge is 0.445 e. The highest BCUT2D eigenvalue weighted by Gasteiger charge is 2.31. The first-order chi connectivity index (χ1) is 21.1. The Morgan fingerprint density at radius 3 is 2.22 bits per heavy atom. The van der Waals surface area contributed by atoms with Gasteiger partial charge in [0.15, 0.2) is 5.78 Å². The predicted molar refractivity (Wildman–Crippen MR) is 167 cm³/mol. The van der Waals surface area contributed by atoms with E-state index in [0.29, 0.717) is 13.0 Å². The third kappa shape index (κ3) is 14.7. The van der Waals surface area contributed by atoms with Gasteiger partial charge < -0.3 is 36.1 Å². The molecule has 45 heavy (non-hydrogen) atoms. The monoisotopic (exact) mass is 629 g/mol. The van der Waals surface area contributed by atoms with Gasteiger partial charge in [0.2, 0.25) is 17.7 Å². The maximum absolute atomic E-state index is 13.5. The van der Waals surface area contributed by atoms with Gasteiger partial charge in [-0.1, -0.05) is 50.3 Å². The highest BCUT2D eigenvalue weighted by Crippen LogP contribution is 2.17. The van der Waals surface area contributed by atoms with Crippen LogP contribution in [0.1, 0.15) is 66.4 Å². The van der Waals surface area contributed by atoms with E-state index in [2.05, 4.69) is 26.6 Å². The van der Waals surface area contributed by atoms with E-state index in [9.17, 15) is 28.8 Å². The molecule has 0 spiro atoms. The number of hydrogen-bond donors (Lipinski definition) is 5. The molecular formula is C32H47N5O8. The van der Waals surface area contributed by atoms with Gasteiger partial charge in [0, 0.05) is 18.5 Å². The van der Waals surface area contributed by atoms with Crippen LogP contribution in [0.5, 0.6) is 0 Å². The van der Waals surface area contributed by atoms with Gasteiger partial charge >= 0.3 is 12.2 Å². The van der Waals surface area contributed by atoms with Gasteiger partial charge in [0.1, 0.15) is 24.3 Å². The van der Waals surface area contributed by atoms with Crippen molar-refractivity contribution in [2.75, 3.05) is 13.1 Å². The maximum Gasteiger partial charge on any atom is 0.408 e. The summed E-state index contributed by atoms with van der Waals surface area (Å²) in [7, 11) is 0. The molecule has 2 rings (SSSR count). The summed E-state index contributed by atoms with van der Waals surface area (Å²) in [5, 5.41) is 13.2. The van der Waals surface area contributed by atoms with E-state index in [1.54, 1.807) is 45.0 Å². The van der Waals surface area contributed by atoms with Crippen molar-refractivity contribution in [2.45, 2.75) is 91.1 Å². The molecule has 0 unspecified atom stereocenters. The van der Waals surface area contributed by atoms with Gasteiger partial charge in [-0.05, 0) is 64.5 Å². The number of nitrogens with one attached hydrogen (secondary N) is 5. The molecule has 13 nitrogen and oxygen atoms in total. The number of hydrogen-bond acceptors (Lipinski definition) is 8. The third-order valence-corrected chi connectivity index (χ3v) is 6.60. The van der Waals surface area contributed by atoms with Crippen LogP contribution >= 0.6 is 0 Å². The summed E-state index contributed by atoms with van der Waals surface area (Å²) in [6, 6.07) is 5.96. The number of ketones is 1. The number of allylic oxidation sites excluding steroid dienone is 1. The molecule has 13 heteroatoms. The average Bonchev–Trinajstić information content (AvgIpc) is 3.35. The summed E-state index contributed by atoms with van der Waals surface area (Å²) >= 11 is 0. The van der Waals surface area contributed by atoms with Crippen LogP contribution in [-0.2, 0) is 35.3 Å². The van der Waals surface area contributed by atoms with E-state index in [-0.39, 0.29) is 49.5 Å². The van der Waals surface area contributed by atoms with E-state index in [0.717, 1.165) is 5.56 Å². The van der Waals surface area contributed by atoms with Crippen molar-refractivity contribution < 1.29 is 38.2 Å². The van der Waals surface area contributed by atoms with Crippen LogP contribution < -0.4 is 26.6 Å². The molecule has 1 heterocycles. The summed E-state index contributed by atoms with van der Waals surface area (Å²) in [6.45, 7) is 10.3. The molecule has 0 aromatic heterocycles. The van der Waals surface area contributed by atoms with Gasteiger partial charge in [-0.15, -0.1) is 0 Å². The fourth-order valence-electron chi connectivity index (χ4n) is 4.49. The molecule has 1 saturated heterocycles. The Kier molecular flexibility index (Phi) is 14.5. The first-order valence-electron chi connectivity index (χ1n) is 15.1. The Hall–Kier alpha value is -4.42. The SMILES string of the molecule is CC(=O)/C=C/[C@@H](C[C@@H]1CCNC1=O)NC(=O)[C@H](CC(C)C)NC(=O)[C@H](CNC(=O)OC(C)(C)C)NC(=O)OCc1ccccc1. The van der Waals surface area contributed by atoms with Gasteiger partial charge in [-0.3, -0.25) is 19.2 Å². The zero-order valence-corrected chi connectivity index (χ0v) is 26.9. The van der Waals surface area contributed by atoms with E-state index in [1.807, 2.05) is 19.9 Å². The molecule has 5 N–H and O–H groups in total. The van der Waals surface area contributed by atoms with Gasteiger partial charge in [-0.25, -0.2) is 9.59 Å². The summed E-state index contributed by atoms with van der Waals surface area (Å²) in [4.78, 5) is 75.8. The number of amides is 5. The quantitative estimate of drug-likeness (QED) is 0.184. The van der Waals surface area contributed by atoms with Crippen LogP contribution in [0.4, 0.5) is 9.59 Å². The lowest BCUT2D eigenvalue weighted by Gasteiger charge is -2.26. The van der Waals surface area contributed by atoms with Gasteiger partial charge in [0.25, 0.3) is 0 Å². The molecule has 5 amide bonds. The molecule has 0 saturated carbocycles. The zero-order valence-electron chi connectivity index (χ0n) is 26.9. The summed E-state index contributed by atoms with van der Waals surface area (Å²) in [5.41, 5.74) is -0.0608. The summed E-state index contributed by atoms with van der Waals surface area (Å²) in [5.74, 6) is -1.96. The number of rotatable bonds is 15. The van der Waals surface area contributed by atoms with Crippen molar-refractivity contribution in [3.63, 3.8) is 0 Å². The number of carbonyl (C=O) groups excluding carboxylic acids is 6. The average molecular weight is 630 g/mol. The first kappa shape index (κ1) is 36.8. The van der Waals surface area contributed by atoms with Gasteiger partial charge in [-0.2, -0.15) is 0 Å². The minimum absolute atomic E-state index is 0.0185. The molecule has 0 bridgehead atoms. The number of alkyl carbamates (subject to hydrolysis) is 2. The summed E-state index contributed by atoms with van der Waals surface area (Å²) < 4.78 is 10.5. The lowest BCUT2D eigenvalue weighted by molar-refractivity contribution is -0.130. The van der Waals surface area contributed by atoms with Crippen molar-refractivity contribution in [3.05, 3.63) is 48.0 Å². The Labute approximate surface area is 264 Å². The lowest BCUT2D eigenvalue weighted by atomic mass is 9.96. The molecule has 1 aliphatic rings. The molecule has 1 aromatic carbocycles. The highest BCUT2D eigenvalue weighted by molar-refractivity contribution is 5.92. The van der Waals surface area contributed by atoms with Crippen LogP contribution in [0.25, 0.3) is 0 Å². The molecule has 0 radical (unpaired) electrons. The van der Waals surface area contributed by atoms with Crippen LogP contribution in [0.2, 0.25) is 0 Å². The molecule has 0 aliphatic carbocycles. The van der Waals surface area contributed by atoms with Crippen molar-refractivity contribution >= 4 is 35.7 Å². The van der Waals surface area contributed by atoms with Crippen LogP contribution in [0, 0.1) is 11.8 Å². The first-order valence-corrected chi connectivity index (χ1v) is 15.1. The maximum atomic E-state index is 13.5. The molecule has 1 aliphatic heterocycles. The summed E-state index contributed by atoms with van der Waals surface area (Å²) in [6.07, 6.45) is 2.29. The van der Waals surface area contributed by atoms with Crippen molar-refractivity contribution in [3.8, 4) is 0 Å². The molecule has 1 aromatic rings. The number of ether oxygens (including phenoxy) is 2. The van der Waals surface area contributed by atoms with E-state index in [4.69, 9.17) is 9.47 Å². The van der Waals surface area contributed by atoms with E-state index >= 15 is 0 Å². The highest BCUT2D eigenvalue weighted by atomic mass is 16.6. The fraction of sp³-hybridized carbons (Fsp3) is 0.562. The van der Waals surface area contributed by atoms with Crippen molar-refractivity contribution in [2.24, 2.45) is 11.8 Å². The molecule has 4 atom stereocenters. The Morgan fingerprint density at radius 1 is 0.978 bits per heavy atom. The normalized spacial score (nSPS) is 16.7. The third-order valence-electron chi connectivity index (χ3n) is 6.60. The van der Waals surface area contributed by atoms with Crippen LogP contribution in [0.3, 0.4) is 0 Å². The topological polar surface area (TPSA) is 181 Å². The second-order valence-corrected chi connectivity index (χ2v) is 12.4. The fourth-order valence-corrected chi connectivity index (χ4v) is 4.49. The van der Waals surface area contributed by atoms with Crippen molar-refractivity contribution in [1.29, 1.82) is 0 Å². The Bertz CT molecular complexity index is 1210. The van der Waals surface area contributed by atoms with Crippen LogP contribution in [0.15, 0.2) is 42.5 Å². The minimum atomic E-state index is -1.32. The van der Waals surface area contributed by atoms with Gasteiger partial charge in [0.05, 0.1) is 6.54 Å². The van der Waals surface area contributed by atoms with E-state index in [1.165, 1.54) is 19.1 Å². The molecule has 248 valence electrons. The zero-order chi connectivity index (χ0) is 33.6. The lowest BCUT2D eigenvalue weighted by Crippen LogP contribution is -2.58. The molecular weight excluding hydrogens is 582 g/mol. The smallest absolute Gasteiger partial charge is 0.408 e. The molecule has 1 fully saturated rings. The number of benzene rings is 1. The minimum Gasteiger partial charge on any atom is -0.445 e. The predicted octanol–water partition coefficient (Wildman–Crippen LogP) is 2.49. The second kappa shape index (κ2) is 17.8. The van der Waals surface area contributed by atoms with Crippen molar-refractivity contribution in [1.82, 2.24) is 26.6 Å². The van der Waals surface area contributed by atoms with E-state index < -0.39 is 47.7 Å². The second-order valence-electron chi connectivity index (χ2n) is 12.4. The Balaban J connectivity index is 2.18. The van der Waals surface area contributed by atoms with Crippen LogP contribution in [-0.4, -0.2) is 72.5 Å². The number of carbonyl (C=O) groups is 6.